The number of pyridine rings is 1. The van der Waals surface area contributed by atoms with Gasteiger partial charge in [-0.3, -0.25) is 0 Å². The van der Waals surface area contributed by atoms with Crippen molar-refractivity contribution < 1.29 is 4.39 Å². The zero-order valence-electron chi connectivity index (χ0n) is 9.32. The monoisotopic (exact) mass is 305 g/mol. The van der Waals surface area contributed by atoms with Crippen molar-refractivity contribution in [2.75, 3.05) is 5.32 Å². The van der Waals surface area contributed by atoms with Crippen molar-refractivity contribution in [1.82, 2.24) is 4.98 Å². The van der Waals surface area contributed by atoms with Crippen LogP contribution in [0.3, 0.4) is 0 Å². The molecule has 0 fully saturated rings. The van der Waals surface area contributed by atoms with Gasteiger partial charge in [0.2, 0.25) is 0 Å². The Morgan fingerprint density at radius 2 is 2.17 bits per heavy atom. The van der Waals surface area contributed by atoms with E-state index in [9.17, 15) is 4.39 Å². The number of aromatic nitrogens is 1. The third-order valence-corrected chi connectivity index (χ3v) is 3.08. The summed E-state index contributed by atoms with van der Waals surface area (Å²) in [6, 6.07) is 10.3. The van der Waals surface area contributed by atoms with E-state index in [1.807, 2.05) is 6.07 Å². The van der Waals surface area contributed by atoms with Crippen LogP contribution in [0.4, 0.5) is 10.1 Å². The lowest BCUT2D eigenvalue weighted by atomic mass is 10.2. The zero-order valence-corrected chi connectivity index (χ0v) is 10.9. The lowest BCUT2D eigenvalue weighted by Crippen LogP contribution is -2.04. The molecule has 0 radical (unpaired) electrons. The van der Waals surface area contributed by atoms with Gasteiger partial charge in [0, 0.05) is 22.8 Å². The number of rotatable bonds is 3. The second kappa shape index (κ2) is 5.61. The summed E-state index contributed by atoms with van der Waals surface area (Å²) in [7, 11) is 0. The van der Waals surface area contributed by atoms with E-state index in [4.69, 9.17) is 5.26 Å². The van der Waals surface area contributed by atoms with Crippen molar-refractivity contribution in [2.45, 2.75) is 6.54 Å². The Morgan fingerprint density at radius 1 is 1.33 bits per heavy atom. The van der Waals surface area contributed by atoms with Crippen LogP contribution in [0.15, 0.2) is 41.0 Å². The lowest BCUT2D eigenvalue weighted by Gasteiger charge is -2.10. The molecule has 0 spiro atoms. The molecule has 0 atom stereocenters. The minimum Gasteiger partial charge on any atom is -0.378 e. The van der Waals surface area contributed by atoms with E-state index in [-0.39, 0.29) is 5.82 Å². The van der Waals surface area contributed by atoms with Crippen LogP contribution < -0.4 is 5.32 Å². The van der Waals surface area contributed by atoms with Crippen LogP contribution in [0.5, 0.6) is 0 Å². The molecule has 5 heteroatoms. The summed E-state index contributed by atoms with van der Waals surface area (Å²) in [5, 5.41) is 11.9. The van der Waals surface area contributed by atoms with Crippen molar-refractivity contribution in [3.8, 4) is 6.07 Å². The standard InChI is InChI=1S/C13H9BrFN3/c14-10-4-1-5-11(15)13(10)18-8-9-3-2-6-17-12(9)7-16/h1-6,18H,8H2. The summed E-state index contributed by atoms with van der Waals surface area (Å²) in [5.41, 5.74) is 1.46. The maximum Gasteiger partial charge on any atom is 0.147 e. The molecule has 0 aliphatic carbocycles. The molecule has 0 unspecified atom stereocenters. The van der Waals surface area contributed by atoms with E-state index in [0.717, 1.165) is 5.56 Å². The van der Waals surface area contributed by atoms with Crippen molar-refractivity contribution in [2.24, 2.45) is 0 Å². The molecule has 1 heterocycles. The predicted molar refractivity (Wildman–Crippen MR) is 70.4 cm³/mol. The highest BCUT2D eigenvalue weighted by atomic mass is 79.9. The number of halogens is 2. The quantitative estimate of drug-likeness (QED) is 0.944. The second-order valence-electron chi connectivity index (χ2n) is 3.57. The highest BCUT2D eigenvalue weighted by Crippen LogP contribution is 2.25. The van der Waals surface area contributed by atoms with Gasteiger partial charge in [0.05, 0.1) is 5.69 Å². The van der Waals surface area contributed by atoms with Gasteiger partial charge in [0.25, 0.3) is 0 Å². The minimum absolute atomic E-state index is 0.341. The molecule has 90 valence electrons. The Kier molecular flexibility index (Phi) is 3.90. The van der Waals surface area contributed by atoms with E-state index in [1.165, 1.54) is 6.07 Å². The van der Waals surface area contributed by atoms with Gasteiger partial charge >= 0.3 is 0 Å². The van der Waals surface area contributed by atoms with Gasteiger partial charge in [0.1, 0.15) is 17.6 Å². The van der Waals surface area contributed by atoms with Gasteiger partial charge in [-0.05, 0) is 34.1 Å². The molecular weight excluding hydrogens is 297 g/mol. The molecule has 3 nitrogen and oxygen atoms in total. The zero-order chi connectivity index (χ0) is 13.0. The Bertz CT molecular complexity index is 587. The van der Waals surface area contributed by atoms with E-state index < -0.39 is 0 Å². The highest BCUT2D eigenvalue weighted by molar-refractivity contribution is 9.10. The number of para-hydroxylation sites is 1. The van der Waals surface area contributed by atoms with Crippen molar-refractivity contribution in [3.63, 3.8) is 0 Å². The first kappa shape index (κ1) is 12.5. The highest BCUT2D eigenvalue weighted by Gasteiger charge is 2.07. The molecule has 0 aliphatic heterocycles. The number of anilines is 1. The summed E-state index contributed by atoms with van der Waals surface area (Å²) >= 11 is 3.27. The maximum atomic E-state index is 13.6. The SMILES string of the molecule is N#Cc1ncccc1CNc1c(F)cccc1Br. The van der Waals surface area contributed by atoms with E-state index in [1.54, 1.807) is 30.5 Å². The summed E-state index contributed by atoms with van der Waals surface area (Å²) in [4.78, 5) is 3.95. The van der Waals surface area contributed by atoms with Crippen LogP contribution >= 0.6 is 15.9 Å². The van der Waals surface area contributed by atoms with Crippen molar-refractivity contribution >= 4 is 21.6 Å². The van der Waals surface area contributed by atoms with Crippen LogP contribution in [0.1, 0.15) is 11.3 Å². The Morgan fingerprint density at radius 3 is 2.89 bits per heavy atom. The number of hydrogen-bond acceptors (Lipinski definition) is 3. The van der Waals surface area contributed by atoms with Gasteiger partial charge < -0.3 is 5.32 Å². The number of nitrogens with zero attached hydrogens (tertiary/aromatic N) is 2. The molecule has 18 heavy (non-hydrogen) atoms. The molecule has 0 aliphatic rings. The lowest BCUT2D eigenvalue weighted by molar-refractivity contribution is 0.629. The summed E-state index contributed by atoms with van der Waals surface area (Å²) < 4.78 is 14.2. The molecule has 0 bridgehead atoms. The predicted octanol–water partition coefficient (Wildman–Crippen LogP) is 3.47. The molecule has 1 aromatic carbocycles. The van der Waals surface area contributed by atoms with Gasteiger partial charge in [-0.15, -0.1) is 0 Å². The Labute approximate surface area is 112 Å². The smallest absolute Gasteiger partial charge is 0.147 e. The first-order valence-corrected chi connectivity index (χ1v) is 6.03. The number of nitriles is 1. The fourth-order valence-corrected chi connectivity index (χ4v) is 2.01. The fourth-order valence-electron chi connectivity index (χ4n) is 1.53. The first-order valence-electron chi connectivity index (χ1n) is 5.24. The fraction of sp³-hybridized carbons (Fsp3) is 0.0769. The van der Waals surface area contributed by atoms with Crippen LogP contribution in [0.2, 0.25) is 0 Å². The Balaban J connectivity index is 2.20. The van der Waals surface area contributed by atoms with Crippen LogP contribution in [-0.4, -0.2) is 4.98 Å². The molecule has 0 amide bonds. The van der Waals surface area contributed by atoms with E-state index >= 15 is 0 Å². The first-order chi connectivity index (χ1) is 8.72. The Hall–Kier alpha value is -1.93. The van der Waals surface area contributed by atoms with Gasteiger partial charge in [0.15, 0.2) is 0 Å². The minimum atomic E-state index is -0.341. The maximum absolute atomic E-state index is 13.6. The average molecular weight is 306 g/mol. The van der Waals surface area contributed by atoms with E-state index in [2.05, 4.69) is 26.2 Å². The molecule has 1 aromatic heterocycles. The summed E-state index contributed by atoms with van der Waals surface area (Å²) in [6.07, 6.45) is 1.56. The van der Waals surface area contributed by atoms with Crippen molar-refractivity contribution in [1.29, 1.82) is 5.26 Å². The second-order valence-corrected chi connectivity index (χ2v) is 4.43. The topological polar surface area (TPSA) is 48.7 Å². The normalized spacial score (nSPS) is 9.83. The molecule has 0 saturated heterocycles. The summed E-state index contributed by atoms with van der Waals surface area (Å²) in [5.74, 6) is -0.341. The third kappa shape index (κ3) is 2.66. The molecule has 2 aromatic rings. The molecule has 0 saturated carbocycles. The van der Waals surface area contributed by atoms with Gasteiger partial charge in [-0.2, -0.15) is 5.26 Å². The molecular formula is C13H9BrFN3. The molecule has 2 rings (SSSR count). The van der Waals surface area contributed by atoms with Gasteiger partial charge in [-0.1, -0.05) is 12.1 Å². The van der Waals surface area contributed by atoms with Crippen LogP contribution in [0.25, 0.3) is 0 Å². The average Bonchev–Trinajstić information content (AvgIpc) is 2.38. The number of nitrogens with one attached hydrogen (secondary N) is 1. The van der Waals surface area contributed by atoms with Gasteiger partial charge in [-0.25, -0.2) is 9.37 Å². The van der Waals surface area contributed by atoms with E-state index in [0.29, 0.717) is 22.4 Å². The largest absolute Gasteiger partial charge is 0.378 e. The third-order valence-electron chi connectivity index (χ3n) is 2.42. The number of benzene rings is 1. The van der Waals surface area contributed by atoms with Crippen LogP contribution in [-0.2, 0) is 6.54 Å². The van der Waals surface area contributed by atoms with Crippen LogP contribution in [0, 0.1) is 17.1 Å². The number of hydrogen-bond donors (Lipinski definition) is 1. The van der Waals surface area contributed by atoms with Crippen molar-refractivity contribution in [3.05, 3.63) is 58.1 Å². The summed E-state index contributed by atoms with van der Waals surface area (Å²) in [6.45, 7) is 0.344. The molecule has 1 N–H and O–H groups in total.